The number of ketones is 1. The summed E-state index contributed by atoms with van der Waals surface area (Å²) in [5.41, 5.74) is 8.19. The molecule has 0 amide bonds. The van der Waals surface area contributed by atoms with Crippen LogP contribution in [0, 0.1) is 17.6 Å². The first-order chi connectivity index (χ1) is 16.8. The third-order valence-corrected chi connectivity index (χ3v) is 6.47. The number of hydrogen-bond acceptors (Lipinski definition) is 7. The van der Waals surface area contributed by atoms with Gasteiger partial charge >= 0.3 is 0 Å². The summed E-state index contributed by atoms with van der Waals surface area (Å²) in [6.07, 6.45) is 3.95. The fourth-order valence-corrected chi connectivity index (χ4v) is 4.64. The Morgan fingerprint density at radius 1 is 1.20 bits per heavy atom. The Hall–Kier alpha value is -3.69. The van der Waals surface area contributed by atoms with Crippen LogP contribution in [-0.4, -0.2) is 46.1 Å². The number of aromatic nitrogens is 2. The number of aliphatic hydroxyl groups is 1. The van der Waals surface area contributed by atoms with Gasteiger partial charge in [0.25, 0.3) is 0 Å². The number of Topliss-reactive ketones (excluding diaryl/α,β-unsaturated/α-hetero) is 1. The summed E-state index contributed by atoms with van der Waals surface area (Å²) in [5.74, 6) is -1.80. The minimum Gasteiger partial charge on any atom is -0.462 e. The minimum absolute atomic E-state index is 0.0194. The highest BCUT2D eigenvalue weighted by Gasteiger charge is 2.32. The van der Waals surface area contributed by atoms with Crippen LogP contribution in [-0.2, 0) is 6.42 Å². The molecule has 1 saturated heterocycles. The highest BCUT2D eigenvalue weighted by Crippen LogP contribution is 2.33. The number of fused-ring (bicyclic) bond motifs is 1. The van der Waals surface area contributed by atoms with Crippen LogP contribution >= 0.6 is 0 Å². The van der Waals surface area contributed by atoms with Crippen LogP contribution in [0.2, 0.25) is 0 Å². The molecule has 7 nitrogen and oxygen atoms in total. The minimum atomic E-state index is -0.745. The van der Waals surface area contributed by atoms with Crippen LogP contribution in [0.5, 0.6) is 0 Å². The van der Waals surface area contributed by atoms with Crippen LogP contribution in [0.15, 0.2) is 59.5 Å². The van der Waals surface area contributed by atoms with Crippen LogP contribution in [0.3, 0.4) is 0 Å². The van der Waals surface area contributed by atoms with Crippen molar-refractivity contribution in [1.82, 2.24) is 9.97 Å². The van der Waals surface area contributed by atoms with Crippen molar-refractivity contribution in [3.8, 4) is 11.1 Å². The summed E-state index contributed by atoms with van der Waals surface area (Å²) in [4.78, 5) is 23.9. The van der Waals surface area contributed by atoms with Gasteiger partial charge in [0.1, 0.15) is 29.1 Å². The Balaban J connectivity index is 1.46. The number of rotatable bonds is 5. The zero-order chi connectivity index (χ0) is 24.7. The Morgan fingerprint density at radius 2 is 1.97 bits per heavy atom. The van der Waals surface area contributed by atoms with Crippen molar-refractivity contribution < 1.29 is 23.1 Å². The number of benzene rings is 1. The van der Waals surface area contributed by atoms with Crippen LogP contribution in [0.4, 0.5) is 14.5 Å². The number of aliphatic hydroxyl groups excluding tert-OH is 1. The molecule has 180 valence electrons. The Morgan fingerprint density at radius 3 is 2.71 bits per heavy atom. The number of halogens is 2. The van der Waals surface area contributed by atoms with E-state index in [4.69, 9.17) is 10.2 Å². The molecule has 1 fully saturated rings. The highest BCUT2D eigenvalue weighted by molar-refractivity contribution is 6.00. The van der Waals surface area contributed by atoms with Gasteiger partial charge in [-0.15, -0.1) is 0 Å². The fraction of sp³-hybridized carbons (Fsp3) is 0.269. The summed E-state index contributed by atoms with van der Waals surface area (Å²) in [6, 6.07) is 8.10. The second-order valence-electron chi connectivity index (χ2n) is 8.93. The SMILES string of the molecule is C[C@H]1CN(c2ccncc2CC(=O)c2ccc3occ(-c4c(F)cccc4F)c3n2)C[C@@H](N)[C@@H]1O. The Bertz CT molecular complexity index is 1370. The molecule has 9 heteroatoms. The van der Waals surface area contributed by atoms with E-state index in [-0.39, 0.29) is 40.5 Å². The van der Waals surface area contributed by atoms with Crippen molar-refractivity contribution in [2.45, 2.75) is 25.5 Å². The molecule has 0 bridgehead atoms. The number of nitrogens with two attached hydrogens (primary N) is 1. The molecule has 0 radical (unpaired) electrons. The van der Waals surface area contributed by atoms with Gasteiger partial charge in [-0.2, -0.15) is 0 Å². The molecule has 0 spiro atoms. The summed E-state index contributed by atoms with van der Waals surface area (Å²) < 4.78 is 34.2. The molecule has 3 atom stereocenters. The van der Waals surface area contributed by atoms with E-state index in [9.17, 15) is 18.7 Å². The van der Waals surface area contributed by atoms with Crippen molar-refractivity contribution in [2.75, 3.05) is 18.0 Å². The molecule has 3 aromatic heterocycles. The number of piperidine rings is 1. The smallest absolute Gasteiger partial charge is 0.185 e. The largest absolute Gasteiger partial charge is 0.462 e. The Labute approximate surface area is 200 Å². The van der Waals surface area contributed by atoms with Gasteiger partial charge < -0.3 is 20.2 Å². The third-order valence-electron chi connectivity index (χ3n) is 6.47. The van der Waals surface area contributed by atoms with Crippen molar-refractivity contribution in [3.63, 3.8) is 0 Å². The molecule has 0 unspecified atom stereocenters. The number of anilines is 1. The molecule has 35 heavy (non-hydrogen) atoms. The van der Waals surface area contributed by atoms with Crippen molar-refractivity contribution in [1.29, 1.82) is 0 Å². The number of pyridine rings is 2. The van der Waals surface area contributed by atoms with Crippen molar-refractivity contribution >= 4 is 22.6 Å². The first kappa shape index (κ1) is 23.1. The van der Waals surface area contributed by atoms with Gasteiger partial charge in [0.2, 0.25) is 0 Å². The predicted molar refractivity (Wildman–Crippen MR) is 127 cm³/mol. The maximum absolute atomic E-state index is 14.4. The summed E-state index contributed by atoms with van der Waals surface area (Å²) in [7, 11) is 0. The average Bonchev–Trinajstić information content (AvgIpc) is 3.25. The fourth-order valence-electron chi connectivity index (χ4n) is 4.64. The third kappa shape index (κ3) is 4.28. The van der Waals surface area contributed by atoms with Gasteiger partial charge in [-0.05, 0) is 30.3 Å². The molecule has 1 aliphatic rings. The molecule has 0 saturated carbocycles. The van der Waals surface area contributed by atoms with E-state index in [2.05, 4.69) is 14.9 Å². The lowest BCUT2D eigenvalue weighted by atomic mass is 9.92. The second kappa shape index (κ2) is 9.16. The van der Waals surface area contributed by atoms with Crippen molar-refractivity contribution in [3.05, 3.63) is 77.9 Å². The number of furan rings is 1. The summed E-state index contributed by atoms with van der Waals surface area (Å²) in [6.45, 7) is 2.98. The first-order valence-electron chi connectivity index (χ1n) is 11.3. The molecular weight excluding hydrogens is 454 g/mol. The van der Waals surface area contributed by atoms with E-state index in [0.29, 0.717) is 24.2 Å². The van der Waals surface area contributed by atoms with E-state index in [1.807, 2.05) is 13.0 Å². The van der Waals surface area contributed by atoms with E-state index >= 15 is 0 Å². The molecule has 0 aliphatic carbocycles. The molecule has 3 N–H and O–H groups in total. The van der Waals surface area contributed by atoms with Crippen LogP contribution < -0.4 is 10.6 Å². The van der Waals surface area contributed by atoms with Gasteiger partial charge in [0, 0.05) is 55.1 Å². The summed E-state index contributed by atoms with van der Waals surface area (Å²) in [5, 5.41) is 10.2. The van der Waals surface area contributed by atoms with Crippen LogP contribution in [0.25, 0.3) is 22.2 Å². The highest BCUT2D eigenvalue weighted by atomic mass is 19.1. The molecule has 1 aromatic carbocycles. The van der Waals surface area contributed by atoms with Gasteiger partial charge in [-0.25, -0.2) is 13.8 Å². The van der Waals surface area contributed by atoms with Gasteiger partial charge in [-0.3, -0.25) is 9.78 Å². The number of nitrogens with zero attached hydrogens (tertiary/aromatic N) is 3. The second-order valence-corrected chi connectivity index (χ2v) is 8.93. The maximum Gasteiger partial charge on any atom is 0.185 e. The molecular formula is C26H24F2N4O3. The van der Waals surface area contributed by atoms with E-state index in [1.165, 1.54) is 18.4 Å². The average molecular weight is 478 g/mol. The standard InChI is InChI=1S/C26H24F2N4O3/c1-14-11-32(12-19(29)26(14)34)21-7-8-30-10-15(21)9-22(33)20-5-6-23-25(31-20)16(13-35-23)24-17(27)3-2-4-18(24)28/h2-8,10,13-14,19,26,34H,9,11-12,29H2,1H3/t14-,19+,26+/m0/s1. The lowest BCUT2D eigenvalue weighted by Gasteiger charge is -2.40. The molecule has 4 heterocycles. The predicted octanol–water partition coefficient (Wildman–Crippen LogP) is 3.74. The van der Waals surface area contributed by atoms with Crippen molar-refractivity contribution in [2.24, 2.45) is 11.7 Å². The molecule has 1 aliphatic heterocycles. The van der Waals surface area contributed by atoms with E-state index in [0.717, 1.165) is 17.8 Å². The lowest BCUT2D eigenvalue weighted by molar-refractivity contribution is 0.0784. The number of hydrogen-bond donors (Lipinski definition) is 2. The van der Waals surface area contributed by atoms with E-state index in [1.54, 1.807) is 18.5 Å². The van der Waals surface area contributed by atoms with Gasteiger partial charge in [-0.1, -0.05) is 13.0 Å². The quantitative estimate of drug-likeness (QED) is 0.421. The Kier molecular flexibility index (Phi) is 6.04. The number of carbonyl (C=O) groups is 1. The van der Waals surface area contributed by atoms with E-state index < -0.39 is 23.8 Å². The normalized spacial score (nSPS) is 20.4. The number of carbonyl (C=O) groups excluding carboxylic acids is 1. The lowest BCUT2D eigenvalue weighted by Crippen LogP contribution is -2.55. The van der Waals surface area contributed by atoms with Gasteiger partial charge in [0.15, 0.2) is 11.4 Å². The summed E-state index contributed by atoms with van der Waals surface area (Å²) >= 11 is 0. The monoisotopic (exact) mass is 478 g/mol. The molecule has 4 aromatic rings. The zero-order valence-corrected chi connectivity index (χ0v) is 19.0. The molecule has 5 rings (SSSR count). The topological polar surface area (TPSA) is 105 Å². The van der Waals surface area contributed by atoms with Crippen LogP contribution in [0.1, 0.15) is 23.0 Å². The maximum atomic E-state index is 14.4. The van der Waals surface area contributed by atoms with Gasteiger partial charge in [0.05, 0.1) is 17.2 Å². The zero-order valence-electron chi connectivity index (χ0n) is 19.0. The first-order valence-corrected chi connectivity index (χ1v) is 11.3.